The molecule has 5 aromatic rings. The van der Waals surface area contributed by atoms with Crippen molar-refractivity contribution in [1.29, 1.82) is 0 Å². The molecule has 7 heteroatoms. The Morgan fingerprint density at radius 1 is 0.722 bits per heavy atom. The van der Waals surface area contributed by atoms with E-state index < -0.39 is 0 Å². The van der Waals surface area contributed by atoms with E-state index in [1.54, 1.807) is 42.6 Å². The second-order valence-electron chi connectivity index (χ2n) is 8.09. The van der Waals surface area contributed by atoms with Gasteiger partial charge in [-0.15, -0.1) is 0 Å². The molecule has 0 atom stereocenters. The molecule has 0 aliphatic heterocycles. The maximum atomic E-state index is 12.7. The average molecular weight is 512 g/mol. The van der Waals surface area contributed by atoms with E-state index in [1.807, 2.05) is 36.4 Å². The number of halogens is 2. The molecule has 36 heavy (non-hydrogen) atoms. The van der Waals surface area contributed by atoms with E-state index in [0.717, 1.165) is 27.1 Å². The molecule has 0 aliphatic carbocycles. The number of fused-ring (bicyclic) bond motifs is 2. The van der Waals surface area contributed by atoms with Crippen LogP contribution in [0.15, 0.2) is 102 Å². The zero-order valence-corrected chi connectivity index (χ0v) is 20.3. The highest BCUT2D eigenvalue weighted by atomic mass is 35.5. The van der Waals surface area contributed by atoms with Gasteiger partial charge in [0.25, 0.3) is 11.8 Å². The minimum Gasteiger partial charge on any atom is -0.322 e. The third kappa shape index (κ3) is 4.93. The Kier molecular flexibility index (Phi) is 6.67. The lowest BCUT2D eigenvalue weighted by atomic mass is 9.97. The van der Waals surface area contributed by atoms with Crippen LogP contribution >= 0.6 is 23.2 Å². The summed E-state index contributed by atoms with van der Waals surface area (Å²) in [5.41, 5.74) is 4.75. The number of carbonyl (C=O) groups is 2. The topological polar surface area (TPSA) is 70.6 Å². The zero-order valence-electron chi connectivity index (χ0n) is 18.8. The smallest absolute Gasteiger partial charge is 0.271 e. The highest BCUT2D eigenvalue weighted by Gasteiger charge is 2.12. The fourth-order valence-corrected chi connectivity index (χ4v) is 4.48. The first-order chi connectivity index (χ1) is 17.5. The van der Waals surface area contributed by atoms with Crippen LogP contribution in [0.4, 0.5) is 5.69 Å². The van der Waals surface area contributed by atoms with Gasteiger partial charge in [-0.25, -0.2) is 5.43 Å². The Morgan fingerprint density at radius 2 is 1.36 bits per heavy atom. The van der Waals surface area contributed by atoms with Crippen molar-refractivity contribution in [2.24, 2.45) is 5.10 Å². The van der Waals surface area contributed by atoms with Gasteiger partial charge in [0.15, 0.2) is 0 Å². The van der Waals surface area contributed by atoms with E-state index >= 15 is 0 Å². The number of rotatable bonds is 5. The molecule has 0 spiro atoms. The molecule has 5 rings (SSSR count). The monoisotopic (exact) mass is 511 g/mol. The molecule has 5 aromatic carbocycles. The standard InChI is InChI=1S/C29H19Cl2N3O2/c30-21-11-14-25(27(31)16-21)29(36)33-22-12-9-18(10-13-22)28(35)34-32-17-26-23-7-3-1-5-19(23)15-20-6-2-4-8-24(20)26/h1-17H,(H,33,36)(H,34,35)/b32-17-. The van der Waals surface area contributed by atoms with Gasteiger partial charge < -0.3 is 5.32 Å². The number of hydrogen-bond acceptors (Lipinski definition) is 3. The predicted molar refractivity (Wildman–Crippen MR) is 147 cm³/mol. The summed E-state index contributed by atoms with van der Waals surface area (Å²) in [5, 5.41) is 12.0. The Balaban J connectivity index is 1.30. The fourth-order valence-electron chi connectivity index (χ4n) is 3.98. The molecule has 2 amide bonds. The van der Waals surface area contributed by atoms with Crippen molar-refractivity contribution in [3.05, 3.63) is 124 Å². The van der Waals surface area contributed by atoms with E-state index in [4.69, 9.17) is 23.2 Å². The van der Waals surface area contributed by atoms with Gasteiger partial charge in [-0.3, -0.25) is 9.59 Å². The SMILES string of the molecule is O=C(N/N=C\c1c2ccccc2cc2ccccc12)c1ccc(NC(=O)c2ccc(Cl)cc2Cl)cc1. The van der Waals surface area contributed by atoms with Crippen LogP contribution in [0.3, 0.4) is 0 Å². The summed E-state index contributed by atoms with van der Waals surface area (Å²) in [6, 6.07) is 29.4. The van der Waals surface area contributed by atoms with E-state index in [-0.39, 0.29) is 16.8 Å². The molecule has 0 bridgehead atoms. The maximum Gasteiger partial charge on any atom is 0.271 e. The quantitative estimate of drug-likeness (QED) is 0.147. The number of anilines is 1. The largest absolute Gasteiger partial charge is 0.322 e. The highest BCUT2D eigenvalue weighted by molar-refractivity contribution is 6.37. The molecule has 5 nitrogen and oxygen atoms in total. The number of hydrogen-bond donors (Lipinski definition) is 2. The summed E-state index contributed by atoms with van der Waals surface area (Å²) >= 11 is 12.0. The van der Waals surface area contributed by atoms with Crippen molar-refractivity contribution in [3.63, 3.8) is 0 Å². The number of benzene rings is 5. The number of nitrogens with zero attached hydrogens (tertiary/aromatic N) is 1. The Hall–Kier alpha value is -4.19. The van der Waals surface area contributed by atoms with Gasteiger partial charge in [0, 0.05) is 21.8 Å². The molecule has 2 N–H and O–H groups in total. The van der Waals surface area contributed by atoms with Crippen LogP contribution in [0, 0.1) is 0 Å². The number of hydrazone groups is 1. The normalized spacial score (nSPS) is 11.2. The van der Waals surface area contributed by atoms with Gasteiger partial charge in [-0.2, -0.15) is 5.10 Å². The first kappa shape index (κ1) is 23.5. The van der Waals surface area contributed by atoms with Gasteiger partial charge in [-0.05, 0) is 70.1 Å². The minimum absolute atomic E-state index is 0.257. The summed E-state index contributed by atoms with van der Waals surface area (Å²) < 4.78 is 0. The second-order valence-corrected chi connectivity index (χ2v) is 8.93. The van der Waals surface area contributed by atoms with Crippen LogP contribution in [-0.2, 0) is 0 Å². The van der Waals surface area contributed by atoms with Gasteiger partial charge in [-0.1, -0.05) is 71.7 Å². The first-order valence-corrected chi connectivity index (χ1v) is 11.9. The van der Waals surface area contributed by atoms with Gasteiger partial charge >= 0.3 is 0 Å². The summed E-state index contributed by atoms with van der Waals surface area (Å²) in [5.74, 6) is -0.741. The highest BCUT2D eigenvalue weighted by Crippen LogP contribution is 2.27. The Labute approximate surface area is 217 Å². The van der Waals surface area contributed by atoms with E-state index in [9.17, 15) is 9.59 Å². The molecule has 0 heterocycles. The van der Waals surface area contributed by atoms with Gasteiger partial charge in [0.2, 0.25) is 0 Å². The summed E-state index contributed by atoms with van der Waals surface area (Å²) in [6.07, 6.45) is 1.67. The second kappa shape index (κ2) is 10.2. The molecule has 0 saturated heterocycles. The molecule has 0 aromatic heterocycles. The van der Waals surface area contributed by atoms with Gasteiger partial charge in [0.1, 0.15) is 0 Å². The fraction of sp³-hybridized carbons (Fsp3) is 0. The Morgan fingerprint density at radius 3 is 2.00 bits per heavy atom. The van der Waals surface area contributed by atoms with Gasteiger partial charge in [0.05, 0.1) is 16.8 Å². The van der Waals surface area contributed by atoms with Crippen LogP contribution in [0.2, 0.25) is 10.0 Å². The zero-order chi connectivity index (χ0) is 25.1. The van der Waals surface area contributed by atoms with Crippen LogP contribution in [0.5, 0.6) is 0 Å². The Bertz CT molecular complexity index is 1590. The van der Waals surface area contributed by atoms with E-state index in [1.165, 1.54) is 6.07 Å². The minimum atomic E-state index is -0.374. The third-order valence-electron chi connectivity index (χ3n) is 5.75. The molecule has 0 aliphatic rings. The maximum absolute atomic E-state index is 12.7. The molecular weight excluding hydrogens is 493 g/mol. The van der Waals surface area contributed by atoms with Crippen LogP contribution in [0.1, 0.15) is 26.3 Å². The number of carbonyl (C=O) groups excluding carboxylic acids is 2. The summed E-state index contributed by atoms with van der Waals surface area (Å²) in [4.78, 5) is 25.1. The molecule has 0 fully saturated rings. The molecular formula is C29H19Cl2N3O2. The van der Waals surface area contributed by atoms with Crippen molar-refractivity contribution >= 4 is 68.5 Å². The molecule has 0 unspecified atom stereocenters. The molecule has 176 valence electrons. The number of nitrogens with one attached hydrogen (secondary N) is 2. The third-order valence-corrected chi connectivity index (χ3v) is 6.30. The van der Waals surface area contributed by atoms with E-state index in [0.29, 0.717) is 21.8 Å². The lowest BCUT2D eigenvalue weighted by Gasteiger charge is -2.08. The van der Waals surface area contributed by atoms with Crippen LogP contribution < -0.4 is 10.7 Å². The van der Waals surface area contributed by atoms with Crippen molar-refractivity contribution in [3.8, 4) is 0 Å². The number of amides is 2. The van der Waals surface area contributed by atoms with Crippen LogP contribution in [0.25, 0.3) is 21.5 Å². The van der Waals surface area contributed by atoms with E-state index in [2.05, 4.69) is 34.0 Å². The van der Waals surface area contributed by atoms with Crippen molar-refractivity contribution in [1.82, 2.24) is 5.43 Å². The average Bonchev–Trinajstić information content (AvgIpc) is 2.88. The first-order valence-electron chi connectivity index (χ1n) is 11.1. The summed E-state index contributed by atoms with van der Waals surface area (Å²) in [7, 11) is 0. The predicted octanol–water partition coefficient (Wildman–Crippen LogP) is 7.32. The van der Waals surface area contributed by atoms with Crippen molar-refractivity contribution in [2.45, 2.75) is 0 Å². The lowest BCUT2D eigenvalue weighted by molar-refractivity contribution is 0.0954. The molecule has 0 radical (unpaired) electrons. The van der Waals surface area contributed by atoms with Crippen LogP contribution in [-0.4, -0.2) is 18.0 Å². The molecule has 0 saturated carbocycles. The van der Waals surface area contributed by atoms with Crippen molar-refractivity contribution < 1.29 is 9.59 Å². The summed E-state index contributed by atoms with van der Waals surface area (Å²) in [6.45, 7) is 0. The van der Waals surface area contributed by atoms with Crippen molar-refractivity contribution in [2.75, 3.05) is 5.32 Å². The lowest BCUT2D eigenvalue weighted by Crippen LogP contribution is -2.18.